The van der Waals surface area contributed by atoms with E-state index in [4.69, 9.17) is 4.74 Å². The number of carbonyl (C=O) groups excluding carboxylic acids is 1. The number of hydrogen-bond acceptors (Lipinski definition) is 5. The number of nitrogens with zero attached hydrogens (tertiary/aromatic N) is 2. The highest BCUT2D eigenvalue weighted by molar-refractivity contribution is 7.13. The van der Waals surface area contributed by atoms with E-state index in [0.717, 1.165) is 24.3 Å². The minimum atomic E-state index is -0.355. The van der Waals surface area contributed by atoms with E-state index in [1.165, 1.54) is 11.3 Å². The average molecular weight is 214 g/mol. The second-order valence-electron chi connectivity index (χ2n) is 2.97. The van der Waals surface area contributed by atoms with Gasteiger partial charge in [-0.2, -0.15) is 0 Å². The fourth-order valence-electron chi connectivity index (χ4n) is 0.958. The normalized spacial score (nSPS) is 10.1. The molecule has 0 fully saturated rings. The number of hydrogen-bond donors (Lipinski definition) is 0. The number of aromatic nitrogens is 2. The summed E-state index contributed by atoms with van der Waals surface area (Å²) in [7, 11) is 0. The van der Waals surface area contributed by atoms with E-state index in [9.17, 15) is 4.79 Å². The largest absolute Gasteiger partial charge is 0.460 e. The van der Waals surface area contributed by atoms with E-state index in [1.807, 2.05) is 6.92 Å². The highest BCUT2D eigenvalue weighted by atomic mass is 32.1. The van der Waals surface area contributed by atoms with Crippen LogP contribution in [0.2, 0.25) is 0 Å². The number of rotatable bonds is 5. The lowest BCUT2D eigenvalue weighted by Crippen LogP contribution is -2.05. The van der Waals surface area contributed by atoms with Gasteiger partial charge in [0.25, 0.3) is 0 Å². The highest BCUT2D eigenvalue weighted by Crippen LogP contribution is 2.09. The number of carbonyl (C=O) groups is 1. The Hall–Kier alpha value is -0.970. The molecule has 4 nitrogen and oxygen atoms in total. The first-order valence-corrected chi connectivity index (χ1v) is 5.53. The van der Waals surface area contributed by atoms with Crippen LogP contribution in [0.1, 0.15) is 41.0 Å². The molecule has 0 aliphatic rings. The molecule has 0 saturated carbocycles. The molecule has 0 bridgehead atoms. The fourth-order valence-corrected chi connectivity index (χ4v) is 1.54. The summed E-state index contributed by atoms with van der Waals surface area (Å²) < 4.78 is 5.01. The quantitative estimate of drug-likeness (QED) is 0.557. The Kier molecular flexibility index (Phi) is 4.52. The van der Waals surface area contributed by atoms with Crippen LogP contribution in [0.15, 0.2) is 0 Å². The Balaban J connectivity index is 2.29. The van der Waals surface area contributed by atoms with Gasteiger partial charge in [-0.25, -0.2) is 4.79 Å². The molecule has 1 aromatic rings. The lowest BCUT2D eigenvalue weighted by molar-refractivity contribution is 0.0497. The van der Waals surface area contributed by atoms with Crippen molar-refractivity contribution in [2.45, 2.75) is 33.1 Å². The van der Waals surface area contributed by atoms with Crippen LogP contribution in [0, 0.1) is 6.92 Å². The number of aryl methyl sites for hydroxylation is 1. The van der Waals surface area contributed by atoms with Gasteiger partial charge in [0.2, 0.25) is 5.01 Å². The SMILES string of the molecule is CCCCCOC(=O)c1nnc(C)s1. The smallest absolute Gasteiger partial charge is 0.369 e. The summed E-state index contributed by atoms with van der Waals surface area (Å²) in [5.41, 5.74) is 0. The van der Waals surface area contributed by atoms with E-state index >= 15 is 0 Å². The van der Waals surface area contributed by atoms with Gasteiger partial charge in [-0.15, -0.1) is 10.2 Å². The predicted octanol–water partition coefficient (Wildman–Crippen LogP) is 2.19. The van der Waals surface area contributed by atoms with Gasteiger partial charge in [-0.1, -0.05) is 31.1 Å². The first kappa shape index (κ1) is 11.1. The monoisotopic (exact) mass is 214 g/mol. The molecule has 0 radical (unpaired) electrons. The average Bonchev–Trinajstić information content (AvgIpc) is 2.59. The van der Waals surface area contributed by atoms with Gasteiger partial charge < -0.3 is 4.74 Å². The van der Waals surface area contributed by atoms with Crippen molar-refractivity contribution in [3.63, 3.8) is 0 Å². The van der Waals surface area contributed by atoms with E-state index in [0.29, 0.717) is 11.6 Å². The lowest BCUT2D eigenvalue weighted by atomic mass is 10.3. The van der Waals surface area contributed by atoms with Crippen molar-refractivity contribution in [3.8, 4) is 0 Å². The van der Waals surface area contributed by atoms with Crippen LogP contribution in [0.5, 0.6) is 0 Å². The van der Waals surface area contributed by atoms with Crippen LogP contribution in [-0.4, -0.2) is 22.8 Å². The van der Waals surface area contributed by atoms with Gasteiger partial charge >= 0.3 is 5.97 Å². The van der Waals surface area contributed by atoms with Crippen molar-refractivity contribution < 1.29 is 9.53 Å². The maximum atomic E-state index is 11.3. The van der Waals surface area contributed by atoms with Gasteiger partial charge in [0.1, 0.15) is 5.01 Å². The van der Waals surface area contributed by atoms with Crippen LogP contribution >= 0.6 is 11.3 Å². The second kappa shape index (κ2) is 5.70. The third kappa shape index (κ3) is 3.41. The molecule has 1 heterocycles. The van der Waals surface area contributed by atoms with Gasteiger partial charge in [0, 0.05) is 0 Å². The summed E-state index contributed by atoms with van der Waals surface area (Å²) in [6.07, 6.45) is 3.12. The Labute approximate surface area is 87.3 Å². The zero-order valence-corrected chi connectivity index (χ0v) is 9.26. The molecule has 0 unspecified atom stereocenters. The van der Waals surface area contributed by atoms with Crippen LogP contribution in [0.3, 0.4) is 0 Å². The first-order chi connectivity index (χ1) is 6.74. The van der Waals surface area contributed by atoms with Gasteiger partial charge in [-0.05, 0) is 13.3 Å². The van der Waals surface area contributed by atoms with Crippen molar-refractivity contribution in [2.24, 2.45) is 0 Å². The maximum absolute atomic E-state index is 11.3. The molecule has 14 heavy (non-hydrogen) atoms. The molecule has 0 amide bonds. The Morgan fingerprint density at radius 1 is 1.43 bits per heavy atom. The number of ether oxygens (including phenoxy) is 1. The van der Waals surface area contributed by atoms with Gasteiger partial charge in [0.15, 0.2) is 0 Å². The standard InChI is InChI=1S/C9H14N2O2S/c1-3-4-5-6-13-9(12)8-11-10-7(2)14-8/h3-6H2,1-2H3. The van der Waals surface area contributed by atoms with Crippen LogP contribution in [0.25, 0.3) is 0 Å². The summed E-state index contributed by atoms with van der Waals surface area (Å²) in [5, 5.41) is 8.59. The summed E-state index contributed by atoms with van der Waals surface area (Å²) in [5.74, 6) is -0.355. The van der Waals surface area contributed by atoms with E-state index < -0.39 is 0 Å². The Morgan fingerprint density at radius 2 is 2.21 bits per heavy atom. The van der Waals surface area contributed by atoms with Crippen molar-refractivity contribution in [1.82, 2.24) is 10.2 Å². The lowest BCUT2D eigenvalue weighted by Gasteiger charge is -2.00. The minimum absolute atomic E-state index is 0.346. The topological polar surface area (TPSA) is 52.1 Å². The molecule has 1 rings (SSSR count). The molecule has 0 aliphatic heterocycles. The van der Waals surface area contributed by atoms with Crippen LogP contribution < -0.4 is 0 Å². The van der Waals surface area contributed by atoms with Gasteiger partial charge in [-0.3, -0.25) is 0 Å². The predicted molar refractivity (Wildman–Crippen MR) is 54.5 cm³/mol. The van der Waals surface area contributed by atoms with E-state index in [2.05, 4.69) is 17.1 Å². The maximum Gasteiger partial charge on any atom is 0.369 e. The molecular formula is C9H14N2O2S. The Morgan fingerprint density at radius 3 is 2.79 bits per heavy atom. The summed E-state index contributed by atoms with van der Waals surface area (Å²) in [6, 6.07) is 0. The molecule has 5 heteroatoms. The minimum Gasteiger partial charge on any atom is -0.460 e. The van der Waals surface area contributed by atoms with Crippen molar-refractivity contribution in [1.29, 1.82) is 0 Å². The highest BCUT2D eigenvalue weighted by Gasteiger charge is 2.11. The molecule has 0 N–H and O–H groups in total. The molecule has 0 aromatic carbocycles. The molecule has 0 atom stereocenters. The van der Waals surface area contributed by atoms with Crippen LogP contribution in [0.4, 0.5) is 0 Å². The molecule has 1 aromatic heterocycles. The summed E-state index contributed by atoms with van der Waals surface area (Å²) >= 11 is 1.26. The second-order valence-corrected chi connectivity index (χ2v) is 4.15. The third-order valence-electron chi connectivity index (χ3n) is 1.68. The zero-order chi connectivity index (χ0) is 10.4. The molecular weight excluding hydrogens is 200 g/mol. The molecule has 0 aliphatic carbocycles. The van der Waals surface area contributed by atoms with Crippen LogP contribution in [-0.2, 0) is 4.74 Å². The van der Waals surface area contributed by atoms with E-state index in [-0.39, 0.29) is 5.97 Å². The number of unbranched alkanes of at least 4 members (excludes halogenated alkanes) is 2. The fraction of sp³-hybridized carbons (Fsp3) is 0.667. The molecule has 78 valence electrons. The molecule has 0 spiro atoms. The molecule has 0 saturated heterocycles. The zero-order valence-electron chi connectivity index (χ0n) is 8.45. The summed E-state index contributed by atoms with van der Waals surface area (Å²) in [4.78, 5) is 11.3. The van der Waals surface area contributed by atoms with Crippen molar-refractivity contribution >= 4 is 17.3 Å². The third-order valence-corrected chi connectivity index (χ3v) is 2.50. The first-order valence-electron chi connectivity index (χ1n) is 4.71. The van der Waals surface area contributed by atoms with Crippen molar-refractivity contribution in [2.75, 3.05) is 6.61 Å². The Bertz CT molecular complexity index is 299. The summed E-state index contributed by atoms with van der Waals surface area (Å²) in [6.45, 7) is 4.40. The van der Waals surface area contributed by atoms with Crippen molar-refractivity contribution in [3.05, 3.63) is 10.0 Å². The number of esters is 1. The van der Waals surface area contributed by atoms with E-state index in [1.54, 1.807) is 0 Å². The van der Waals surface area contributed by atoms with Gasteiger partial charge in [0.05, 0.1) is 6.61 Å².